The van der Waals surface area contributed by atoms with Gasteiger partial charge < -0.3 is 10.2 Å². The molecule has 0 amide bonds. The van der Waals surface area contributed by atoms with Crippen LogP contribution in [0.2, 0.25) is 0 Å². The average molecular weight is 252 g/mol. The maximum Gasteiger partial charge on any atom is 0.225 e. The van der Waals surface area contributed by atoms with E-state index in [2.05, 4.69) is 34.0 Å². The van der Waals surface area contributed by atoms with Crippen LogP contribution in [0, 0.1) is 0 Å². The fourth-order valence-corrected chi connectivity index (χ4v) is 2.89. The average Bonchev–Trinajstić information content (AvgIpc) is 2.37. The molecule has 0 radical (unpaired) electrons. The van der Waals surface area contributed by atoms with Crippen LogP contribution in [0.3, 0.4) is 0 Å². The van der Waals surface area contributed by atoms with Crippen molar-refractivity contribution in [1.82, 2.24) is 15.3 Å². The molecule has 1 aromatic heterocycles. The van der Waals surface area contributed by atoms with Gasteiger partial charge in [0.2, 0.25) is 5.95 Å². The Balaban J connectivity index is 1.96. The van der Waals surface area contributed by atoms with Gasteiger partial charge in [0.25, 0.3) is 0 Å². The lowest BCUT2D eigenvalue weighted by molar-refractivity contribution is 0.714. The van der Waals surface area contributed by atoms with Crippen molar-refractivity contribution in [3.05, 3.63) is 18.0 Å². The van der Waals surface area contributed by atoms with Crippen molar-refractivity contribution < 1.29 is 0 Å². The minimum Gasteiger partial charge on any atom is -0.339 e. The summed E-state index contributed by atoms with van der Waals surface area (Å²) in [5.74, 6) is 2.04. The first-order valence-corrected chi connectivity index (χ1v) is 7.22. The molecule has 1 N–H and O–H groups in total. The molecule has 1 aliphatic heterocycles. The quantitative estimate of drug-likeness (QED) is 0.880. The molecule has 0 bridgehead atoms. The zero-order chi connectivity index (χ0) is 12.1. The van der Waals surface area contributed by atoms with Gasteiger partial charge in [-0.2, -0.15) is 11.8 Å². The van der Waals surface area contributed by atoms with Crippen LogP contribution in [-0.4, -0.2) is 40.6 Å². The maximum atomic E-state index is 4.46. The predicted molar refractivity (Wildman–Crippen MR) is 73.5 cm³/mol. The molecular formula is C12H20N4S. The molecule has 1 saturated heterocycles. The smallest absolute Gasteiger partial charge is 0.225 e. The van der Waals surface area contributed by atoms with Gasteiger partial charge in [-0.3, -0.25) is 0 Å². The van der Waals surface area contributed by atoms with E-state index in [0.29, 0.717) is 5.25 Å². The number of rotatable bonds is 4. The maximum absolute atomic E-state index is 4.46. The molecule has 0 saturated carbocycles. The first kappa shape index (κ1) is 12.6. The van der Waals surface area contributed by atoms with Gasteiger partial charge in [-0.1, -0.05) is 13.8 Å². The Labute approximate surface area is 107 Å². The van der Waals surface area contributed by atoms with Crippen LogP contribution in [0.5, 0.6) is 0 Å². The third-order valence-electron chi connectivity index (χ3n) is 2.79. The van der Waals surface area contributed by atoms with E-state index in [4.69, 9.17) is 0 Å². The van der Waals surface area contributed by atoms with Crippen LogP contribution in [0.4, 0.5) is 5.95 Å². The van der Waals surface area contributed by atoms with Crippen LogP contribution in [-0.2, 0) is 6.54 Å². The monoisotopic (exact) mass is 252 g/mol. The second-order valence-electron chi connectivity index (χ2n) is 4.30. The van der Waals surface area contributed by atoms with Gasteiger partial charge in [-0.05, 0) is 6.54 Å². The van der Waals surface area contributed by atoms with Gasteiger partial charge in [-0.15, -0.1) is 0 Å². The molecule has 0 aliphatic carbocycles. The lowest BCUT2D eigenvalue weighted by Gasteiger charge is -2.30. The van der Waals surface area contributed by atoms with Crippen LogP contribution in [0.1, 0.15) is 19.4 Å². The summed E-state index contributed by atoms with van der Waals surface area (Å²) in [5.41, 5.74) is 1.15. The molecule has 1 unspecified atom stereocenters. The summed E-state index contributed by atoms with van der Waals surface area (Å²) in [6.45, 7) is 8.29. The molecule has 0 aromatic carbocycles. The number of aromatic nitrogens is 2. The third kappa shape index (κ3) is 3.57. The molecule has 1 aliphatic rings. The van der Waals surface area contributed by atoms with E-state index in [9.17, 15) is 0 Å². The molecule has 1 atom stereocenters. The molecule has 2 rings (SSSR count). The van der Waals surface area contributed by atoms with Crippen molar-refractivity contribution in [2.24, 2.45) is 0 Å². The van der Waals surface area contributed by atoms with Crippen LogP contribution in [0.15, 0.2) is 12.4 Å². The number of thioether (sulfide) groups is 1. The van der Waals surface area contributed by atoms with Gasteiger partial charge in [0.1, 0.15) is 0 Å². The highest BCUT2D eigenvalue weighted by Gasteiger charge is 2.18. The number of anilines is 1. The highest BCUT2D eigenvalue weighted by Crippen LogP contribution is 2.20. The Morgan fingerprint density at radius 3 is 2.88 bits per heavy atom. The van der Waals surface area contributed by atoms with E-state index in [-0.39, 0.29) is 0 Å². The van der Waals surface area contributed by atoms with Crippen molar-refractivity contribution in [3.8, 4) is 0 Å². The van der Waals surface area contributed by atoms with E-state index >= 15 is 0 Å². The predicted octanol–water partition coefficient (Wildman–Crippen LogP) is 1.53. The summed E-state index contributed by atoms with van der Waals surface area (Å²) in [4.78, 5) is 11.2. The number of hydrogen-bond donors (Lipinski definition) is 1. The minimum absolute atomic E-state index is 0.675. The molecule has 1 aromatic rings. The van der Waals surface area contributed by atoms with Crippen LogP contribution < -0.4 is 10.2 Å². The highest BCUT2D eigenvalue weighted by molar-refractivity contribution is 8.00. The van der Waals surface area contributed by atoms with E-state index in [0.717, 1.165) is 37.7 Å². The molecule has 2 heterocycles. The van der Waals surface area contributed by atoms with Crippen molar-refractivity contribution >= 4 is 17.7 Å². The normalized spacial score (nSPS) is 20.6. The van der Waals surface area contributed by atoms with Crippen molar-refractivity contribution in [2.45, 2.75) is 25.6 Å². The zero-order valence-electron chi connectivity index (χ0n) is 10.5. The molecule has 1 fully saturated rings. The lowest BCUT2D eigenvalue weighted by atomic mass is 10.3. The van der Waals surface area contributed by atoms with E-state index < -0.39 is 0 Å². The third-order valence-corrected chi connectivity index (χ3v) is 3.93. The minimum atomic E-state index is 0.675. The summed E-state index contributed by atoms with van der Waals surface area (Å²) >= 11 is 2.02. The van der Waals surface area contributed by atoms with E-state index in [1.54, 1.807) is 0 Å². The second-order valence-corrected chi connectivity index (χ2v) is 5.85. The standard InChI is InChI=1S/C12H20N4S/c1-3-13-6-11-7-14-12(15-8-11)16-4-5-17-10(2)9-16/h7-8,10,13H,3-6,9H2,1-2H3. The van der Waals surface area contributed by atoms with E-state index in [1.165, 1.54) is 5.75 Å². The fraction of sp³-hybridized carbons (Fsp3) is 0.667. The van der Waals surface area contributed by atoms with Gasteiger partial charge >= 0.3 is 0 Å². The molecule has 17 heavy (non-hydrogen) atoms. The van der Waals surface area contributed by atoms with Gasteiger partial charge in [-0.25, -0.2) is 9.97 Å². The van der Waals surface area contributed by atoms with E-state index in [1.807, 2.05) is 24.2 Å². The summed E-state index contributed by atoms with van der Waals surface area (Å²) < 4.78 is 0. The van der Waals surface area contributed by atoms with Crippen molar-refractivity contribution in [3.63, 3.8) is 0 Å². The SMILES string of the molecule is CCNCc1cnc(N2CCSC(C)C2)nc1. The van der Waals surface area contributed by atoms with Crippen LogP contribution in [0.25, 0.3) is 0 Å². The summed E-state index contributed by atoms with van der Waals surface area (Å²) in [7, 11) is 0. The topological polar surface area (TPSA) is 41.1 Å². The summed E-state index contributed by atoms with van der Waals surface area (Å²) in [5, 5.41) is 3.95. The van der Waals surface area contributed by atoms with Crippen molar-refractivity contribution in [2.75, 3.05) is 30.3 Å². The first-order chi connectivity index (χ1) is 8.29. The second kappa shape index (κ2) is 6.21. The molecule has 5 heteroatoms. The summed E-state index contributed by atoms with van der Waals surface area (Å²) in [6.07, 6.45) is 3.86. The Morgan fingerprint density at radius 2 is 2.24 bits per heavy atom. The van der Waals surface area contributed by atoms with Gasteiger partial charge in [0, 0.05) is 48.6 Å². The zero-order valence-corrected chi connectivity index (χ0v) is 11.3. The Kier molecular flexibility index (Phi) is 4.62. The first-order valence-electron chi connectivity index (χ1n) is 6.17. The molecule has 4 nitrogen and oxygen atoms in total. The molecule has 94 valence electrons. The highest BCUT2D eigenvalue weighted by atomic mass is 32.2. The lowest BCUT2D eigenvalue weighted by Crippen LogP contribution is -2.37. The number of nitrogens with one attached hydrogen (secondary N) is 1. The van der Waals surface area contributed by atoms with Gasteiger partial charge in [0.05, 0.1) is 0 Å². The fourth-order valence-electron chi connectivity index (χ4n) is 1.87. The number of hydrogen-bond acceptors (Lipinski definition) is 5. The number of nitrogens with zero attached hydrogens (tertiary/aromatic N) is 3. The Bertz CT molecular complexity index is 341. The molecule has 0 spiro atoms. The van der Waals surface area contributed by atoms with Crippen LogP contribution >= 0.6 is 11.8 Å². The Morgan fingerprint density at radius 1 is 1.47 bits per heavy atom. The summed E-state index contributed by atoms with van der Waals surface area (Å²) in [6, 6.07) is 0. The van der Waals surface area contributed by atoms with Crippen molar-refractivity contribution in [1.29, 1.82) is 0 Å². The van der Waals surface area contributed by atoms with Gasteiger partial charge in [0.15, 0.2) is 0 Å². The molecular weight excluding hydrogens is 232 g/mol. The Hall–Kier alpha value is -0.810. The largest absolute Gasteiger partial charge is 0.339 e.